The molecule has 0 aromatic heterocycles. The Kier molecular flexibility index (Phi) is 3.59. The van der Waals surface area contributed by atoms with Crippen LogP contribution < -0.4 is 5.32 Å². The van der Waals surface area contributed by atoms with Crippen molar-refractivity contribution in [2.45, 2.75) is 50.6 Å². The number of piperidine rings is 1. The third kappa shape index (κ3) is 2.43. The maximum Gasteiger partial charge on any atom is 0.307 e. The molecule has 0 aromatic rings. The first-order valence-corrected chi connectivity index (χ1v) is 6.06. The molecule has 4 heteroatoms. The van der Waals surface area contributed by atoms with Crippen LogP contribution in [0.15, 0.2) is 0 Å². The minimum atomic E-state index is -0.313. The quantitative estimate of drug-likeness (QED) is 0.713. The lowest BCUT2D eigenvalue weighted by Crippen LogP contribution is -2.54. The Morgan fingerprint density at radius 2 is 2.19 bits per heavy atom. The van der Waals surface area contributed by atoms with E-state index in [9.17, 15) is 9.59 Å². The second-order valence-electron chi connectivity index (χ2n) is 4.82. The highest BCUT2D eigenvalue weighted by Crippen LogP contribution is 2.31. The van der Waals surface area contributed by atoms with E-state index in [4.69, 9.17) is 0 Å². The molecule has 0 amide bonds. The van der Waals surface area contributed by atoms with Gasteiger partial charge in [0.05, 0.1) is 19.6 Å². The summed E-state index contributed by atoms with van der Waals surface area (Å²) in [6.45, 7) is 0. The van der Waals surface area contributed by atoms with Crippen LogP contribution in [0.3, 0.4) is 0 Å². The zero-order valence-corrected chi connectivity index (χ0v) is 9.70. The number of esters is 1. The summed E-state index contributed by atoms with van der Waals surface area (Å²) < 4.78 is 4.61. The Morgan fingerprint density at radius 3 is 2.94 bits per heavy atom. The predicted octanol–water partition coefficient (Wildman–Crippen LogP) is 1.04. The number of nitrogens with one attached hydrogen (secondary N) is 1. The zero-order chi connectivity index (χ0) is 11.5. The van der Waals surface area contributed by atoms with Crippen LogP contribution in [-0.2, 0) is 14.3 Å². The SMILES string of the molecule is COC(=O)C[C@@H]1N[C@H]2CCCC[C@@H]2CC1=O. The van der Waals surface area contributed by atoms with Crippen LogP contribution in [0.25, 0.3) is 0 Å². The van der Waals surface area contributed by atoms with Crippen molar-refractivity contribution >= 4 is 11.8 Å². The molecule has 1 heterocycles. The Hall–Kier alpha value is -0.900. The lowest BCUT2D eigenvalue weighted by molar-refractivity contribution is -0.143. The molecule has 1 saturated carbocycles. The van der Waals surface area contributed by atoms with Gasteiger partial charge < -0.3 is 10.1 Å². The topological polar surface area (TPSA) is 55.4 Å². The number of methoxy groups -OCH3 is 1. The summed E-state index contributed by atoms with van der Waals surface area (Å²) in [7, 11) is 1.36. The highest BCUT2D eigenvalue weighted by molar-refractivity contribution is 5.89. The maximum absolute atomic E-state index is 11.8. The molecule has 90 valence electrons. The fourth-order valence-electron chi connectivity index (χ4n) is 2.85. The molecule has 2 fully saturated rings. The van der Waals surface area contributed by atoms with Crippen LogP contribution in [0.4, 0.5) is 0 Å². The molecule has 0 aromatic carbocycles. The minimum Gasteiger partial charge on any atom is -0.469 e. The van der Waals surface area contributed by atoms with Gasteiger partial charge in [0.2, 0.25) is 0 Å². The Morgan fingerprint density at radius 1 is 1.44 bits per heavy atom. The zero-order valence-electron chi connectivity index (χ0n) is 9.70. The van der Waals surface area contributed by atoms with E-state index in [0.717, 1.165) is 12.8 Å². The Balaban J connectivity index is 1.95. The van der Waals surface area contributed by atoms with Crippen molar-refractivity contribution in [3.05, 3.63) is 0 Å². The lowest BCUT2D eigenvalue weighted by atomic mass is 9.77. The maximum atomic E-state index is 11.8. The fourth-order valence-corrected chi connectivity index (χ4v) is 2.85. The molecular weight excluding hydrogens is 206 g/mol. The number of ether oxygens (including phenoxy) is 1. The van der Waals surface area contributed by atoms with Crippen molar-refractivity contribution in [1.29, 1.82) is 0 Å². The van der Waals surface area contributed by atoms with Gasteiger partial charge >= 0.3 is 5.97 Å². The number of carbonyl (C=O) groups is 2. The standard InChI is InChI=1S/C12H19NO3/c1-16-12(15)7-10-11(14)6-8-4-2-3-5-9(8)13-10/h8-10,13H,2-7H2,1H3/t8-,9+,10+/m1/s1. The normalized spacial score (nSPS) is 34.3. The van der Waals surface area contributed by atoms with E-state index >= 15 is 0 Å². The van der Waals surface area contributed by atoms with Crippen LogP contribution >= 0.6 is 0 Å². The van der Waals surface area contributed by atoms with Gasteiger partial charge in [0.15, 0.2) is 5.78 Å². The van der Waals surface area contributed by atoms with Gasteiger partial charge in [-0.25, -0.2) is 0 Å². The predicted molar refractivity (Wildman–Crippen MR) is 58.9 cm³/mol. The average Bonchev–Trinajstić information content (AvgIpc) is 2.30. The second kappa shape index (κ2) is 4.95. The highest BCUT2D eigenvalue weighted by atomic mass is 16.5. The summed E-state index contributed by atoms with van der Waals surface area (Å²) in [6, 6.07) is 0.118. The van der Waals surface area contributed by atoms with Crippen molar-refractivity contribution in [3.63, 3.8) is 0 Å². The first kappa shape index (κ1) is 11.6. The van der Waals surface area contributed by atoms with Crippen molar-refractivity contribution in [2.24, 2.45) is 5.92 Å². The number of hydrogen-bond acceptors (Lipinski definition) is 4. The molecular formula is C12H19NO3. The van der Waals surface area contributed by atoms with E-state index in [1.54, 1.807) is 0 Å². The first-order chi connectivity index (χ1) is 7.70. The summed E-state index contributed by atoms with van der Waals surface area (Å²) in [5, 5.41) is 3.32. The van der Waals surface area contributed by atoms with Gasteiger partial charge in [-0.2, -0.15) is 0 Å². The van der Waals surface area contributed by atoms with Crippen LogP contribution in [0.2, 0.25) is 0 Å². The molecule has 1 N–H and O–H groups in total. The molecule has 2 aliphatic rings. The van der Waals surface area contributed by atoms with Crippen LogP contribution in [0.5, 0.6) is 0 Å². The third-order valence-electron chi connectivity index (χ3n) is 3.77. The number of hydrogen-bond donors (Lipinski definition) is 1. The number of ketones is 1. The van der Waals surface area contributed by atoms with Crippen LogP contribution in [-0.4, -0.2) is 30.9 Å². The van der Waals surface area contributed by atoms with E-state index in [2.05, 4.69) is 10.1 Å². The van der Waals surface area contributed by atoms with Crippen molar-refractivity contribution in [3.8, 4) is 0 Å². The van der Waals surface area contributed by atoms with E-state index in [1.807, 2.05) is 0 Å². The van der Waals surface area contributed by atoms with Gasteiger partial charge in [-0.15, -0.1) is 0 Å². The summed E-state index contributed by atoms with van der Waals surface area (Å²) >= 11 is 0. The molecule has 0 bridgehead atoms. The molecule has 0 spiro atoms. The summed E-state index contributed by atoms with van der Waals surface area (Å²) in [5.74, 6) is 0.365. The van der Waals surface area contributed by atoms with Gasteiger partial charge in [-0.1, -0.05) is 12.8 Å². The molecule has 0 radical (unpaired) electrons. The van der Waals surface area contributed by atoms with Crippen LogP contribution in [0, 0.1) is 5.92 Å². The lowest BCUT2D eigenvalue weighted by Gasteiger charge is -2.39. The summed E-state index contributed by atoms with van der Waals surface area (Å²) in [6.07, 6.45) is 5.56. The molecule has 3 atom stereocenters. The minimum absolute atomic E-state index is 0.175. The van der Waals surface area contributed by atoms with Gasteiger partial charge in [-0.3, -0.25) is 9.59 Å². The molecule has 1 saturated heterocycles. The van der Waals surface area contributed by atoms with Gasteiger partial charge in [0.25, 0.3) is 0 Å². The number of Topliss-reactive ketones (excluding diaryl/α,β-unsaturated/α-hetero) is 1. The molecule has 4 nitrogen and oxygen atoms in total. The van der Waals surface area contributed by atoms with Crippen molar-refractivity contribution in [2.75, 3.05) is 7.11 Å². The number of carbonyl (C=O) groups excluding carboxylic acids is 2. The Bertz CT molecular complexity index is 290. The number of rotatable bonds is 2. The molecule has 0 unspecified atom stereocenters. The highest BCUT2D eigenvalue weighted by Gasteiger charge is 2.37. The van der Waals surface area contributed by atoms with E-state index < -0.39 is 0 Å². The van der Waals surface area contributed by atoms with Gasteiger partial charge in [-0.05, 0) is 18.8 Å². The smallest absolute Gasteiger partial charge is 0.307 e. The average molecular weight is 225 g/mol. The van der Waals surface area contributed by atoms with Crippen molar-refractivity contribution in [1.82, 2.24) is 5.32 Å². The Labute approximate surface area is 95.7 Å². The molecule has 1 aliphatic carbocycles. The number of fused-ring (bicyclic) bond motifs is 1. The first-order valence-electron chi connectivity index (χ1n) is 6.06. The van der Waals surface area contributed by atoms with Crippen LogP contribution in [0.1, 0.15) is 38.5 Å². The van der Waals surface area contributed by atoms with Crippen molar-refractivity contribution < 1.29 is 14.3 Å². The van der Waals surface area contributed by atoms with E-state index in [-0.39, 0.29) is 24.2 Å². The molecule has 2 rings (SSSR count). The molecule has 1 aliphatic heterocycles. The van der Waals surface area contributed by atoms with Gasteiger partial charge in [0.1, 0.15) is 0 Å². The summed E-state index contributed by atoms with van der Waals surface area (Å²) in [4.78, 5) is 23.0. The molecule has 16 heavy (non-hydrogen) atoms. The largest absolute Gasteiger partial charge is 0.469 e. The third-order valence-corrected chi connectivity index (χ3v) is 3.77. The fraction of sp³-hybridized carbons (Fsp3) is 0.833. The van der Waals surface area contributed by atoms with E-state index in [0.29, 0.717) is 18.4 Å². The summed E-state index contributed by atoms with van der Waals surface area (Å²) in [5.41, 5.74) is 0. The van der Waals surface area contributed by atoms with Gasteiger partial charge in [0, 0.05) is 12.5 Å². The second-order valence-corrected chi connectivity index (χ2v) is 4.82. The monoisotopic (exact) mass is 225 g/mol. The van der Waals surface area contributed by atoms with E-state index in [1.165, 1.54) is 20.0 Å².